The third-order valence-electron chi connectivity index (χ3n) is 3.03. The van der Waals surface area contributed by atoms with Crippen molar-refractivity contribution in [3.63, 3.8) is 0 Å². The van der Waals surface area contributed by atoms with Crippen molar-refractivity contribution in [2.75, 3.05) is 6.54 Å². The van der Waals surface area contributed by atoms with Crippen molar-refractivity contribution in [2.24, 2.45) is 17.8 Å². The fourth-order valence-electron chi connectivity index (χ4n) is 2.08. The molecule has 1 atom stereocenters. The zero-order valence-corrected chi connectivity index (χ0v) is 10.6. The first-order chi connectivity index (χ1) is 7.91. The van der Waals surface area contributed by atoms with Gasteiger partial charge in [0.1, 0.15) is 11.9 Å². The Labute approximate surface area is 100 Å². The Kier molecular flexibility index (Phi) is 2.74. The zero-order chi connectivity index (χ0) is 12.7. The summed E-state index contributed by atoms with van der Waals surface area (Å²) in [5.41, 5.74) is 8.63. The molecule has 1 amide bonds. The Morgan fingerprint density at radius 1 is 1.47 bits per heavy atom. The number of aryl methyl sites for hydroxylation is 2. The van der Waals surface area contributed by atoms with E-state index in [-0.39, 0.29) is 12.1 Å². The predicted octanol–water partition coefficient (Wildman–Crippen LogP) is -0.0696. The SMILES string of the molecule is CC(=O)N1CC(N)N=C1c1c(C)c(C)nn1C. The molecule has 2 N–H and O–H groups in total. The normalized spacial score (nSPS) is 19.7. The van der Waals surface area contributed by atoms with Gasteiger partial charge in [0, 0.05) is 19.5 Å². The number of carbonyl (C=O) groups is 1. The van der Waals surface area contributed by atoms with Gasteiger partial charge in [0.25, 0.3) is 0 Å². The van der Waals surface area contributed by atoms with E-state index in [4.69, 9.17) is 5.73 Å². The second-order valence-corrected chi connectivity index (χ2v) is 4.33. The first-order valence-electron chi connectivity index (χ1n) is 5.54. The van der Waals surface area contributed by atoms with E-state index in [0.29, 0.717) is 12.4 Å². The quantitative estimate of drug-likeness (QED) is 0.740. The van der Waals surface area contributed by atoms with Gasteiger partial charge in [-0.15, -0.1) is 0 Å². The van der Waals surface area contributed by atoms with E-state index in [1.54, 1.807) is 9.58 Å². The third kappa shape index (κ3) is 1.84. The lowest BCUT2D eigenvalue weighted by molar-refractivity contribution is -0.124. The number of aromatic nitrogens is 2. The monoisotopic (exact) mass is 235 g/mol. The molecule has 1 aromatic heterocycles. The number of hydrogen-bond donors (Lipinski definition) is 1. The molecular weight excluding hydrogens is 218 g/mol. The van der Waals surface area contributed by atoms with Crippen LogP contribution in [0.5, 0.6) is 0 Å². The standard InChI is InChI=1S/C11H17N5O/c1-6-7(2)14-15(4)10(6)11-13-9(12)5-16(11)8(3)17/h9H,5,12H2,1-4H3. The molecule has 1 aromatic rings. The van der Waals surface area contributed by atoms with Crippen LogP contribution in [0.4, 0.5) is 0 Å². The van der Waals surface area contributed by atoms with Crippen molar-refractivity contribution in [3.05, 3.63) is 17.0 Å². The van der Waals surface area contributed by atoms with E-state index in [1.807, 2.05) is 20.9 Å². The van der Waals surface area contributed by atoms with Gasteiger partial charge in [0.05, 0.1) is 12.2 Å². The molecule has 0 aliphatic carbocycles. The molecule has 1 unspecified atom stereocenters. The fraction of sp³-hybridized carbons (Fsp3) is 0.545. The zero-order valence-electron chi connectivity index (χ0n) is 10.6. The minimum atomic E-state index is -0.344. The fourth-order valence-corrected chi connectivity index (χ4v) is 2.08. The molecule has 1 aliphatic heterocycles. The highest BCUT2D eigenvalue weighted by atomic mass is 16.2. The molecule has 0 fully saturated rings. The summed E-state index contributed by atoms with van der Waals surface area (Å²) in [6.45, 7) is 5.87. The first-order valence-corrected chi connectivity index (χ1v) is 5.54. The molecule has 2 heterocycles. The summed E-state index contributed by atoms with van der Waals surface area (Å²) in [5, 5.41) is 4.33. The molecule has 0 aromatic carbocycles. The Morgan fingerprint density at radius 2 is 2.12 bits per heavy atom. The van der Waals surface area contributed by atoms with Gasteiger partial charge in [-0.1, -0.05) is 0 Å². The Morgan fingerprint density at radius 3 is 2.59 bits per heavy atom. The molecule has 0 saturated carbocycles. The van der Waals surface area contributed by atoms with Gasteiger partial charge in [-0.3, -0.25) is 14.4 Å². The number of amidine groups is 1. The van der Waals surface area contributed by atoms with Crippen LogP contribution in [0, 0.1) is 13.8 Å². The van der Waals surface area contributed by atoms with Gasteiger partial charge in [-0.25, -0.2) is 4.99 Å². The van der Waals surface area contributed by atoms with Crippen molar-refractivity contribution >= 4 is 11.7 Å². The van der Waals surface area contributed by atoms with Crippen molar-refractivity contribution in [1.29, 1.82) is 0 Å². The van der Waals surface area contributed by atoms with E-state index in [9.17, 15) is 4.79 Å². The molecule has 1 aliphatic rings. The molecule has 17 heavy (non-hydrogen) atoms. The summed E-state index contributed by atoms with van der Waals surface area (Å²) in [5.74, 6) is 0.584. The second kappa shape index (κ2) is 3.96. The molecule has 0 spiro atoms. The number of hydrogen-bond acceptors (Lipinski definition) is 4. The number of nitrogens with two attached hydrogens (primary N) is 1. The molecule has 6 heteroatoms. The van der Waals surface area contributed by atoms with Crippen LogP contribution in [0.1, 0.15) is 23.9 Å². The second-order valence-electron chi connectivity index (χ2n) is 4.33. The van der Waals surface area contributed by atoms with Crippen LogP contribution in [0.2, 0.25) is 0 Å². The average molecular weight is 235 g/mol. The summed E-state index contributed by atoms with van der Waals surface area (Å²) >= 11 is 0. The minimum Gasteiger partial charge on any atom is -0.308 e. The van der Waals surface area contributed by atoms with Crippen LogP contribution in [-0.2, 0) is 11.8 Å². The van der Waals surface area contributed by atoms with E-state index < -0.39 is 0 Å². The topological polar surface area (TPSA) is 76.5 Å². The van der Waals surface area contributed by atoms with Crippen LogP contribution in [0.3, 0.4) is 0 Å². The van der Waals surface area contributed by atoms with Crippen molar-refractivity contribution in [2.45, 2.75) is 26.9 Å². The maximum Gasteiger partial charge on any atom is 0.225 e. The van der Waals surface area contributed by atoms with Crippen LogP contribution in [-0.4, -0.2) is 39.1 Å². The summed E-state index contributed by atoms with van der Waals surface area (Å²) in [6.07, 6.45) is -0.344. The highest BCUT2D eigenvalue weighted by Crippen LogP contribution is 2.18. The maximum absolute atomic E-state index is 11.6. The van der Waals surface area contributed by atoms with E-state index >= 15 is 0 Å². The van der Waals surface area contributed by atoms with Crippen molar-refractivity contribution in [3.8, 4) is 0 Å². The average Bonchev–Trinajstić information content (AvgIpc) is 2.70. The van der Waals surface area contributed by atoms with E-state index in [2.05, 4.69) is 10.1 Å². The van der Waals surface area contributed by atoms with Gasteiger partial charge < -0.3 is 5.73 Å². The summed E-state index contributed by atoms with van der Waals surface area (Å²) < 4.78 is 1.75. The Hall–Kier alpha value is -1.69. The highest BCUT2D eigenvalue weighted by molar-refractivity contribution is 6.08. The van der Waals surface area contributed by atoms with Crippen LogP contribution in [0.15, 0.2) is 4.99 Å². The molecule has 2 rings (SSSR count). The van der Waals surface area contributed by atoms with Gasteiger partial charge >= 0.3 is 0 Å². The summed E-state index contributed by atoms with van der Waals surface area (Å²) in [4.78, 5) is 17.5. The van der Waals surface area contributed by atoms with Gasteiger partial charge in [-0.05, 0) is 13.8 Å². The number of nitrogens with zero attached hydrogens (tertiary/aromatic N) is 4. The largest absolute Gasteiger partial charge is 0.308 e. The third-order valence-corrected chi connectivity index (χ3v) is 3.03. The molecule has 92 valence electrons. The van der Waals surface area contributed by atoms with Crippen molar-refractivity contribution in [1.82, 2.24) is 14.7 Å². The molecule has 0 bridgehead atoms. The summed E-state index contributed by atoms with van der Waals surface area (Å²) in [6, 6.07) is 0. The Bertz CT molecular complexity index is 502. The smallest absolute Gasteiger partial charge is 0.225 e. The number of rotatable bonds is 1. The van der Waals surface area contributed by atoms with Crippen molar-refractivity contribution < 1.29 is 4.79 Å². The molecule has 0 radical (unpaired) electrons. The molecule has 6 nitrogen and oxygen atoms in total. The van der Waals surface area contributed by atoms with E-state index in [0.717, 1.165) is 17.0 Å². The van der Waals surface area contributed by atoms with Crippen LogP contribution in [0.25, 0.3) is 0 Å². The molecular formula is C11H17N5O. The number of carbonyl (C=O) groups excluding carboxylic acids is 1. The molecule has 0 saturated heterocycles. The van der Waals surface area contributed by atoms with Gasteiger partial charge in [0.15, 0.2) is 5.84 Å². The van der Waals surface area contributed by atoms with Crippen LogP contribution < -0.4 is 5.73 Å². The minimum absolute atomic E-state index is 0.0463. The van der Waals surface area contributed by atoms with Gasteiger partial charge in [-0.2, -0.15) is 5.10 Å². The number of amides is 1. The van der Waals surface area contributed by atoms with Crippen LogP contribution >= 0.6 is 0 Å². The van der Waals surface area contributed by atoms with Gasteiger partial charge in [0.2, 0.25) is 5.91 Å². The lowest BCUT2D eigenvalue weighted by Gasteiger charge is -2.16. The Balaban J connectivity index is 2.52. The lowest BCUT2D eigenvalue weighted by atomic mass is 10.2. The first kappa shape index (κ1) is 11.8. The number of aliphatic imine (C=N–C) groups is 1. The lowest BCUT2D eigenvalue weighted by Crippen LogP contribution is -2.36. The highest BCUT2D eigenvalue weighted by Gasteiger charge is 2.30. The summed E-state index contributed by atoms with van der Waals surface area (Å²) in [7, 11) is 1.85. The maximum atomic E-state index is 11.6. The predicted molar refractivity (Wildman–Crippen MR) is 64.6 cm³/mol. The van der Waals surface area contributed by atoms with E-state index in [1.165, 1.54) is 6.92 Å².